The summed E-state index contributed by atoms with van der Waals surface area (Å²) in [6.45, 7) is 2.05. The molecule has 1 aliphatic rings. The Morgan fingerprint density at radius 2 is 2.28 bits per heavy atom. The van der Waals surface area contributed by atoms with Crippen LogP contribution in [0.5, 0.6) is 5.75 Å². The normalized spacial score (nSPS) is 20.8. The third-order valence-corrected chi connectivity index (χ3v) is 3.46. The Bertz CT molecular complexity index is 529. The molecule has 0 radical (unpaired) electrons. The zero-order valence-electron chi connectivity index (χ0n) is 10.6. The van der Waals surface area contributed by atoms with Crippen LogP contribution in [0.2, 0.25) is 0 Å². The van der Waals surface area contributed by atoms with Crippen molar-refractivity contribution in [1.29, 1.82) is 0 Å². The zero-order chi connectivity index (χ0) is 12.4. The molecule has 0 amide bonds. The van der Waals surface area contributed by atoms with E-state index < -0.39 is 0 Å². The lowest BCUT2D eigenvalue weighted by molar-refractivity contribution is 0.380. The molecule has 5 nitrogen and oxygen atoms in total. The van der Waals surface area contributed by atoms with Crippen molar-refractivity contribution in [2.45, 2.75) is 25.3 Å². The Balaban J connectivity index is 1.96. The number of rotatable bonds is 2. The van der Waals surface area contributed by atoms with Gasteiger partial charge in [-0.1, -0.05) is 6.07 Å². The number of nitrogens with one attached hydrogen (secondary N) is 1. The molecule has 1 aromatic carbocycles. The maximum absolute atomic E-state index is 5.32. The molecule has 1 saturated heterocycles. The summed E-state index contributed by atoms with van der Waals surface area (Å²) in [5.41, 5.74) is 1.75. The first kappa shape index (κ1) is 11.5. The number of aromatic nitrogens is 3. The third kappa shape index (κ3) is 2.06. The molecule has 2 aromatic rings. The average Bonchev–Trinajstić information content (AvgIpc) is 2.65. The van der Waals surface area contributed by atoms with Crippen molar-refractivity contribution in [2.24, 2.45) is 0 Å². The molecule has 1 atom stereocenters. The van der Waals surface area contributed by atoms with E-state index in [1.165, 1.54) is 12.8 Å². The van der Waals surface area contributed by atoms with E-state index in [0.717, 1.165) is 36.3 Å². The van der Waals surface area contributed by atoms with Crippen LogP contribution in [-0.2, 0) is 0 Å². The molecule has 1 aromatic heterocycles. The Morgan fingerprint density at radius 1 is 1.33 bits per heavy atom. The van der Waals surface area contributed by atoms with Crippen LogP contribution in [0.4, 0.5) is 0 Å². The van der Waals surface area contributed by atoms with Crippen molar-refractivity contribution >= 4 is 11.0 Å². The lowest BCUT2D eigenvalue weighted by Crippen LogP contribution is -2.24. The minimum atomic E-state index is 0.351. The zero-order valence-corrected chi connectivity index (χ0v) is 10.6. The van der Waals surface area contributed by atoms with Gasteiger partial charge in [0.2, 0.25) is 0 Å². The first-order valence-electron chi connectivity index (χ1n) is 6.49. The largest absolute Gasteiger partial charge is 0.494 e. The highest BCUT2D eigenvalue weighted by Crippen LogP contribution is 2.24. The second-order valence-electron chi connectivity index (χ2n) is 4.70. The molecule has 2 heterocycles. The summed E-state index contributed by atoms with van der Waals surface area (Å²) in [6.07, 6.45) is 3.60. The second-order valence-corrected chi connectivity index (χ2v) is 4.70. The van der Waals surface area contributed by atoms with Gasteiger partial charge >= 0.3 is 0 Å². The maximum atomic E-state index is 5.32. The lowest BCUT2D eigenvalue weighted by atomic mass is 10.1. The van der Waals surface area contributed by atoms with Gasteiger partial charge in [0.25, 0.3) is 0 Å². The number of methoxy groups -OCH3 is 1. The molecule has 3 rings (SSSR count). The smallest absolute Gasteiger partial charge is 0.155 e. The first-order chi connectivity index (χ1) is 8.88. The standard InChI is InChI=1S/C13H18N4O/c1-18-12-7-4-6-11-13(12)16-17(15-11)10-5-2-3-8-14-9-10/h4,6-7,10,14H,2-3,5,8-9H2,1H3. The summed E-state index contributed by atoms with van der Waals surface area (Å²) in [5.74, 6) is 0.792. The number of benzene rings is 1. The highest BCUT2D eigenvalue weighted by Gasteiger charge is 2.17. The fourth-order valence-electron chi connectivity index (χ4n) is 2.45. The molecule has 1 aliphatic heterocycles. The second kappa shape index (κ2) is 4.94. The fourth-order valence-corrected chi connectivity index (χ4v) is 2.45. The van der Waals surface area contributed by atoms with Crippen molar-refractivity contribution < 1.29 is 4.74 Å². The van der Waals surface area contributed by atoms with Crippen molar-refractivity contribution in [3.63, 3.8) is 0 Å². The summed E-state index contributed by atoms with van der Waals surface area (Å²) in [5, 5.41) is 12.6. The fraction of sp³-hybridized carbons (Fsp3) is 0.538. The molecule has 0 spiro atoms. The number of nitrogens with zero attached hydrogens (tertiary/aromatic N) is 3. The van der Waals surface area contributed by atoms with Crippen molar-refractivity contribution in [3.05, 3.63) is 18.2 Å². The van der Waals surface area contributed by atoms with Gasteiger partial charge in [0.05, 0.1) is 13.2 Å². The quantitative estimate of drug-likeness (QED) is 0.877. The number of ether oxygens (including phenoxy) is 1. The molecular weight excluding hydrogens is 228 g/mol. The van der Waals surface area contributed by atoms with Crippen LogP contribution in [0.3, 0.4) is 0 Å². The van der Waals surface area contributed by atoms with E-state index in [9.17, 15) is 0 Å². The summed E-state index contributed by atoms with van der Waals surface area (Å²) < 4.78 is 5.32. The summed E-state index contributed by atoms with van der Waals surface area (Å²) in [7, 11) is 1.67. The van der Waals surface area contributed by atoms with Crippen molar-refractivity contribution in [2.75, 3.05) is 20.2 Å². The highest BCUT2D eigenvalue weighted by molar-refractivity contribution is 5.80. The molecule has 18 heavy (non-hydrogen) atoms. The molecule has 0 aliphatic carbocycles. The monoisotopic (exact) mass is 246 g/mol. The van der Waals surface area contributed by atoms with Crippen LogP contribution in [0.15, 0.2) is 18.2 Å². The molecule has 0 bridgehead atoms. The third-order valence-electron chi connectivity index (χ3n) is 3.46. The van der Waals surface area contributed by atoms with Crippen LogP contribution >= 0.6 is 0 Å². The van der Waals surface area contributed by atoms with Gasteiger partial charge in [-0.25, -0.2) is 0 Å². The molecule has 1 unspecified atom stereocenters. The topological polar surface area (TPSA) is 52.0 Å². The van der Waals surface area contributed by atoms with Gasteiger partial charge in [0, 0.05) is 6.54 Å². The predicted octanol–water partition coefficient (Wildman–Crippen LogP) is 1.75. The molecule has 1 N–H and O–H groups in total. The molecular formula is C13H18N4O. The van der Waals surface area contributed by atoms with Crippen LogP contribution in [-0.4, -0.2) is 35.2 Å². The van der Waals surface area contributed by atoms with Crippen LogP contribution in [0.1, 0.15) is 25.3 Å². The summed E-state index contributed by atoms with van der Waals surface area (Å²) in [4.78, 5) is 1.85. The SMILES string of the molecule is COc1cccc2nn(C3CCCCNC3)nc12. The minimum Gasteiger partial charge on any atom is -0.494 e. The average molecular weight is 246 g/mol. The highest BCUT2D eigenvalue weighted by atomic mass is 16.5. The number of hydrogen-bond acceptors (Lipinski definition) is 4. The lowest BCUT2D eigenvalue weighted by Gasteiger charge is -2.12. The predicted molar refractivity (Wildman–Crippen MR) is 69.8 cm³/mol. The van der Waals surface area contributed by atoms with Gasteiger partial charge in [0.1, 0.15) is 11.3 Å². The summed E-state index contributed by atoms with van der Waals surface area (Å²) in [6, 6.07) is 6.20. The number of hydrogen-bond donors (Lipinski definition) is 1. The molecule has 5 heteroatoms. The van der Waals surface area contributed by atoms with Crippen LogP contribution in [0.25, 0.3) is 11.0 Å². The van der Waals surface area contributed by atoms with Gasteiger partial charge in [-0.3, -0.25) is 0 Å². The Morgan fingerprint density at radius 3 is 3.17 bits per heavy atom. The van der Waals surface area contributed by atoms with Gasteiger partial charge in [-0.05, 0) is 37.9 Å². The van der Waals surface area contributed by atoms with E-state index in [-0.39, 0.29) is 0 Å². The van der Waals surface area contributed by atoms with Gasteiger partial charge in [-0.2, -0.15) is 9.90 Å². The van der Waals surface area contributed by atoms with E-state index in [0.29, 0.717) is 6.04 Å². The molecule has 0 saturated carbocycles. The van der Waals surface area contributed by atoms with E-state index in [1.807, 2.05) is 23.0 Å². The molecule has 96 valence electrons. The minimum absolute atomic E-state index is 0.351. The molecule has 1 fully saturated rings. The Kier molecular flexibility index (Phi) is 3.15. The Hall–Kier alpha value is -1.62. The maximum Gasteiger partial charge on any atom is 0.155 e. The van der Waals surface area contributed by atoms with Gasteiger partial charge < -0.3 is 10.1 Å². The van der Waals surface area contributed by atoms with Gasteiger partial charge in [-0.15, -0.1) is 5.10 Å². The van der Waals surface area contributed by atoms with Crippen LogP contribution in [0, 0.1) is 0 Å². The van der Waals surface area contributed by atoms with Gasteiger partial charge in [0.15, 0.2) is 5.52 Å². The Labute approximate surface area is 106 Å². The first-order valence-corrected chi connectivity index (χ1v) is 6.49. The summed E-state index contributed by atoms with van der Waals surface area (Å²) >= 11 is 0. The van der Waals surface area contributed by atoms with E-state index in [2.05, 4.69) is 15.5 Å². The van der Waals surface area contributed by atoms with Crippen molar-refractivity contribution in [3.8, 4) is 5.75 Å². The van der Waals surface area contributed by atoms with Crippen LogP contribution < -0.4 is 10.1 Å². The van der Waals surface area contributed by atoms with E-state index in [4.69, 9.17) is 4.74 Å². The van der Waals surface area contributed by atoms with E-state index >= 15 is 0 Å². The van der Waals surface area contributed by atoms with Crippen molar-refractivity contribution in [1.82, 2.24) is 20.3 Å². The van der Waals surface area contributed by atoms with E-state index in [1.54, 1.807) is 7.11 Å². The number of fused-ring (bicyclic) bond motifs is 1.